The summed E-state index contributed by atoms with van der Waals surface area (Å²) in [5, 5.41) is 12.2. The zero-order valence-electron chi connectivity index (χ0n) is 13.2. The van der Waals surface area contributed by atoms with E-state index in [1.807, 2.05) is 0 Å². The van der Waals surface area contributed by atoms with Crippen LogP contribution in [0.5, 0.6) is 11.5 Å². The van der Waals surface area contributed by atoms with E-state index in [9.17, 15) is 0 Å². The maximum absolute atomic E-state index is 8.73. The SMILES string of the molecule is COc1cc2c(cc1CNCCCCCCO)OC(C)C2. The number of hydrogen-bond donors (Lipinski definition) is 2. The van der Waals surface area contributed by atoms with Crippen LogP contribution < -0.4 is 14.8 Å². The van der Waals surface area contributed by atoms with E-state index in [4.69, 9.17) is 14.6 Å². The Bertz CT molecular complexity index is 448. The highest BCUT2D eigenvalue weighted by Crippen LogP contribution is 2.34. The summed E-state index contributed by atoms with van der Waals surface area (Å²) >= 11 is 0. The van der Waals surface area contributed by atoms with Crippen LogP contribution in [0.15, 0.2) is 12.1 Å². The largest absolute Gasteiger partial charge is 0.496 e. The monoisotopic (exact) mass is 293 g/mol. The van der Waals surface area contributed by atoms with Gasteiger partial charge in [-0.1, -0.05) is 12.8 Å². The maximum Gasteiger partial charge on any atom is 0.123 e. The van der Waals surface area contributed by atoms with E-state index in [1.165, 1.54) is 5.56 Å². The van der Waals surface area contributed by atoms with Crippen LogP contribution in [0, 0.1) is 0 Å². The predicted octanol–water partition coefficient (Wildman–Crippen LogP) is 2.66. The molecule has 0 aliphatic carbocycles. The number of fused-ring (bicyclic) bond motifs is 1. The zero-order chi connectivity index (χ0) is 15.1. The van der Waals surface area contributed by atoms with Crippen molar-refractivity contribution in [2.24, 2.45) is 0 Å². The zero-order valence-corrected chi connectivity index (χ0v) is 13.2. The lowest BCUT2D eigenvalue weighted by molar-refractivity contribution is 0.254. The quantitative estimate of drug-likeness (QED) is 0.687. The second-order valence-electron chi connectivity index (χ2n) is 5.72. The number of unbranched alkanes of at least 4 members (excludes halogenated alkanes) is 3. The van der Waals surface area contributed by atoms with Crippen LogP contribution >= 0.6 is 0 Å². The Kier molecular flexibility index (Phi) is 6.33. The van der Waals surface area contributed by atoms with Crippen molar-refractivity contribution in [1.82, 2.24) is 5.32 Å². The second-order valence-corrected chi connectivity index (χ2v) is 5.72. The number of ether oxygens (including phenoxy) is 2. The third kappa shape index (κ3) is 4.61. The standard InChI is InChI=1S/C17H27NO3/c1-13-9-14-10-16(20-2)15(11-17(14)21-13)12-18-7-5-3-4-6-8-19/h10-11,13,18-19H,3-9,12H2,1-2H3. The van der Waals surface area contributed by atoms with Gasteiger partial charge in [0, 0.05) is 30.7 Å². The van der Waals surface area contributed by atoms with Crippen molar-refractivity contribution in [3.05, 3.63) is 23.3 Å². The van der Waals surface area contributed by atoms with E-state index in [2.05, 4.69) is 24.4 Å². The Morgan fingerprint density at radius 3 is 2.86 bits per heavy atom. The van der Waals surface area contributed by atoms with Gasteiger partial charge < -0.3 is 19.9 Å². The smallest absolute Gasteiger partial charge is 0.123 e. The molecule has 0 amide bonds. The maximum atomic E-state index is 8.73. The number of aliphatic hydroxyl groups excluding tert-OH is 1. The number of rotatable bonds is 9. The van der Waals surface area contributed by atoms with Gasteiger partial charge in [-0.05, 0) is 38.4 Å². The third-order valence-electron chi connectivity index (χ3n) is 3.88. The first-order valence-electron chi connectivity index (χ1n) is 7.92. The second kappa shape index (κ2) is 8.25. The Hall–Kier alpha value is -1.26. The molecule has 2 N–H and O–H groups in total. The molecule has 0 aromatic heterocycles. The van der Waals surface area contributed by atoms with Gasteiger partial charge in [-0.25, -0.2) is 0 Å². The normalized spacial score (nSPS) is 16.6. The molecule has 1 aromatic carbocycles. The summed E-state index contributed by atoms with van der Waals surface area (Å²) in [6, 6.07) is 4.22. The molecule has 0 saturated heterocycles. The van der Waals surface area contributed by atoms with E-state index in [1.54, 1.807) is 7.11 Å². The Labute approximate surface area is 127 Å². The van der Waals surface area contributed by atoms with E-state index in [0.29, 0.717) is 6.61 Å². The predicted molar refractivity (Wildman–Crippen MR) is 84.0 cm³/mol. The van der Waals surface area contributed by atoms with Crippen molar-refractivity contribution in [1.29, 1.82) is 0 Å². The van der Waals surface area contributed by atoms with Crippen LogP contribution in [0.1, 0.15) is 43.7 Å². The van der Waals surface area contributed by atoms with Crippen LogP contribution in [0.2, 0.25) is 0 Å². The van der Waals surface area contributed by atoms with Crippen LogP contribution in [0.3, 0.4) is 0 Å². The highest BCUT2D eigenvalue weighted by molar-refractivity contribution is 5.48. The van der Waals surface area contributed by atoms with Crippen LogP contribution in [0.25, 0.3) is 0 Å². The lowest BCUT2D eigenvalue weighted by Gasteiger charge is -2.12. The number of benzene rings is 1. The van der Waals surface area contributed by atoms with E-state index in [-0.39, 0.29) is 6.10 Å². The van der Waals surface area contributed by atoms with Crippen LogP contribution in [-0.2, 0) is 13.0 Å². The summed E-state index contributed by atoms with van der Waals surface area (Å²) in [6.45, 7) is 4.19. The molecule has 2 rings (SSSR count). The topological polar surface area (TPSA) is 50.7 Å². The van der Waals surface area contributed by atoms with Gasteiger partial charge in [-0.15, -0.1) is 0 Å². The first-order chi connectivity index (χ1) is 10.2. The minimum atomic E-state index is 0.263. The molecule has 0 radical (unpaired) electrons. The minimum Gasteiger partial charge on any atom is -0.496 e. The average Bonchev–Trinajstić information content (AvgIpc) is 2.84. The summed E-state index contributed by atoms with van der Waals surface area (Å²) in [5.41, 5.74) is 2.40. The first-order valence-corrected chi connectivity index (χ1v) is 7.92. The Morgan fingerprint density at radius 1 is 1.29 bits per heavy atom. The Balaban J connectivity index is 1.81. The van der Waals surface area contributed by atoms with Gasteiger partial charge in [0.05, 0.1) is 7.11 Å². The molecule has 21 heavy (non-hydrogen) atoms. The third-order valence-corrected chi connectivity index (χ3v) is 3.88. The molecular formula is C17H27NO3. The average molecular weight is 293 g/mol. The van der Waals surface area contributed by atoms with Gasteiger partial charge in [-0.2, -0.15) is 0 Å². The van der Waals surface area contributed by atoms with Gasteiger partial charge in [0.25, 0.3) is 0 Å². The molecule has 0 saturated carbocycles. The molecule has 1 aliphatic rings. The molecular weight excluding hydrogens is 266 g/mol. The molecule has 1 atom stereocenters. The van der Waals surface area contributed by atoms with E-state index in [0.717, 1.165) is 62.3 Å². The summed E-state index contributed by atoms with van der Waals surface area (Å²) in [7, 11) is 1.72. The van der Waals surface area contributed by atoms with E-state index >= 15 is 0 Å². The first kappa shape index (κ1) is 16.1. The van der Waals surface area contributed by atoms with Gasteiger partial charge >= 0.3 is 0 Å². The molecule has 0 fully saturated rings. The summed E-state index contributed by atoms with van der Waals surface area (Å²) < 4.78 is 11.3. The molecule has 4 heteroatoms. The molecule has 1 aromatic rings. The summed E-state index contributed by atoms with van der Waals surface area (Å²) in [4.78, 5) is 0. The fourth-order valence-corrected chi connectivity index (χ4v) is 2.75. The number of nitrogens with one attached hydrogen (secondary N) is 1. The van der Waals surface area contributed by atoms with Gasteiger partial charge in [-0.3, -0.25) is 0 Å². The van der Waals surface area contributed by atoms with Gasteiger partial charge in [0.2, 0.25) is 0 Å². The van der Waals surface area contributed by atoms with Crippen molar-refractivity contribution in [2.45, 2.75) is 51.7 Å². The molecule has 0 bridgehead atoms. The summed E-state index contributed by atoms with van der Waals surface area (Å²) in [5.74, 6) is 1.95. The fraction of sp³-hybridized carbons (Fsp3) is 0.647. The lowest BCUT2D eigenvalue weighted by atomic mass is 10.1. The highest BCUT2D eigenvalue weighted by atomic mass is 16.5. The molecule has 1 aliphatic heterocycles. The molecule has 0 spiro atoms. The number of aliphatic hydroxyl groups is 1. The molecule has 118 valence electrons. The van der Waals surface area contributed by atoms with Crippen molar-refractivity contribution in [3.8, 4) is 11.5 Å². The van der Waals surface area contributed by atoms with Crippen molar-refractivity contribution in [2.75, 3.05) is 20.3 Å². The van der Waals surface area contributed by atoms with Crippen molar-refractivity contribution >= 4 is 0 Å². The van der Waals surface area contributed by atoms with Crippen LogP contribution in [0.4, 0.5) is 0 Å². The van der Waals surface area contributed by atoms with Crippen LogP contribution in [-0.4, -0.2) is 31.5 Å². The molecule has 1 unspecified atom stereocenters. The number of hydrogen-bond acceptors (Lipinski definition) is 4. The highest BCUT2D eigenvalue weighted by Gasteiger charge is 2.21. The fourth-order valence-electron chi connectivity index (χ4n) is 2.75. The van der Waals surface area contributed by atoms with Crippen molar-refractivity contribution in [3.63, 3.8) is 0 Å². The van der Waals surface area contributed by atoms with Gasteiger partial charge in [0.1, 0.15) is 17.6 Å². The molecule has 4 nitrogen and oxygen atoms in total. The molecule has 1 heterocycles. The van der Waals surface area contributed by atoms with Crippen molar-refractivity contribution < 1.29 is 14.6 Å². The Morgan fingerprint density at radius 2 is 2.10 bits per heavy atom. The summed E-state index contributed by atoms with van der Waals surface area (Å²) in [6.07, 6.45) is 5.54. The van der Waals surface area contributed by atoms with Gasteiger partial charge in [0.15, 0.2) is 0 Å². The number of methoxy groups -OCH3 is 1. The lowest BCUT2D eigenvalue weighted by Crippen LogP contribution is -2.15. The van der Waals surface area contributed by atoms with E-state index < -0.39 is 0 Å². The minimum absolute atomic E-state index is 0.263.